The van der Waals surface area contributed by atoms with E-state index in [1.165, 1.54) is 6.20 Å². The lowest BCUT2D eigenvalue weighted by Crippen LogP contribution is -2.16. The van der Waals surface area contributed by atoms with Gasteiger partial charge < -0.3 is 15.5 Å². The summed E-state index contributed by atoms with van der Waals surface area (Å²) in [4.78, 5) is 23.3. The molecule has 0 radical (unpaired) electrons. The van der Waals surface area contributed by atoms with Gasteiger partial charge in [0.25, 0.3) is 5.91 Å². The summed E-state index contributed by atoms with van der Waals surface area (Å²) in [6.45, 7) is 6.20. The van der Waals surface area contributed by atoms with Gasteiger partial charge in [0.2, 0.25) is 0 Å². The number of carbonyl (C=O) groups excluding carboxylic acids is 1. The van der Waals surface area contributed by atoms with Crippen LogP contribution in [-0.4, -0.2) is 30.0 Å². The monoisotopic (exact) mass is 389 g/mol. The number of rotatable bonds is 6. The fraction of sp³-hybridized carbons (Fsp3) is 0.261. The van der Waals surface area contributed by atoms with Crippen LogP contribution in [0.1, 0.15) is 41.4 Å². The maximum absolute atomic E-state index is 12.7. The Hall–Kier alpha value is -3.41. The van der Waals surface area contributed by atoms with Gasteiger partial charge in [0, 0.05) is 31.2 Å². The SMILES string of the molecule is Cc1cccc(C(C)C)c1NC(=O)c1cnc(Nc2ccc(N(C)C)cc2)cn1. The van der Waals surface area contributed by atoms with Crippen LogP contribution < -0.4 is 15.5 Å². The molecule has 3 aromatic rings. The largest absolute Gasteiger partial charge is 0.378 e. The molecular weight excluding hydrogens is 362 g/mol. The summed E-state index contributed by atoms with van der Waals surface area (Å²) in [5.41, 5.74) is 5.27. The van der Waals surface area contributed by atoms with E-state index in [2.05, 4.69) is 34.4 Å². The van der Waals surface area contributed by atoms with Crippen molar-refractivity contribution >= 4 is 28.8 Å². The third kappa shape index (κ3) is 4.90. The normalized spacial score (nSPS) is 10.7. The average Bonchev–Trinajstić information content (AvgIpc) is 2.70. The Bertz CT molecular complexity index is 979. The number of hydrogen-bond donors (Lipinski definition) is 2. The van der Waals surface area contributed by atoms with Gasteiger partial charge in [-0.15, -0.1) is 0 Å². The topological polar surface area (TPSA) is 70.2 Å². The Morgan fingerprint density at radius 1 is 1.00 bits per heavy atom. The molecule has 0 saturated carbocycles. The maximum Gasteiger partial charge on any atom is 0.275 e. The molecule has 1 heterocycles. The van der Waals surface area contributed by atoms with Crippen molar-refractivity contribution in [2.24, 2.45) is 0 Å². The van der Waals surface area contributed by atoms with Crippen molar-refractivity contribution in [2.75, 3.05) is 29.6 Å². The van der Waals surface area contributed by atoms with E-state index in [1.807, 2.05) is 68.4 Å². The number of amides is 1. The van der Waals surface area contributed by atoms with Gasteiger partial charge >= 0.3 is 0 Å². The van der Waals surface area contributed by atoms with Crippen LogP contribution in [0, 0.1) is 6.92 Å². The van der Waals surface area contributed by atoms with Crippen LogP contribution in [0.15, 0.2) is 54.9 Å². The second-order valence-corrected chi connectivity index (χ2v) is 7.50. The van der Waals surface area contributed by atoms with Crippen molar-refractivity contribution in [3.63, 3.8) is 0 Å². The van der Waals surface area contributed by atoms with E-state index in [1.54, 1.807) is 6.20 Å². The molecular formula is C23H27N5O. The molecule has 3 rings (SSSR count). The van der Waals surface area contributed by atoms with Crippen LogP contribution in [0.2, 0.25) is 0 Å². The number of aromatic nitrogens is 2. The van der Waals surface area contributed by atoms with E-state index in [4.69, 9.17) is 0 Å². The Morgan fingerprint density at radius 3 is 2.31 bits per heavy atom. The summed E-state index contributed by atoms with van der Waals surface area (Å²) in [5.74, 6) is 0.621. The molecule has 0 aliphatic rings. The third-order valence-electron chi connectivity index (χ3n) is 4.71. The van der Waals surface area contributed by atoms with Crippen molar-refractivity contribution < 1.29 is 4.79 Å². The first-order chi connectivity index (χ1) is 13.8. The number of carbonyl (C=O) groups is 1. The van der Waals surface area contributed by atoms with Crippen LogP contribution in [-0.2, 0) is 0 Å². The zero-order valence-electron chi connectivity index (χ0n) is 17.5. The van der Waals surface area contributed by atoms with Crippen molar-refractivity contribution in [3.05, 3.63) is 71.7 Å². The zero-order valence-corrected chi connectivity index (χ0v) is 17.5. The smallest absolute Gasteiger partial charge is 0.275 e. The predicted molar refractivity (Wildman–Crippen MR) is 119 cm³/mol. The fourth-order valence-corrected chi connectivity index (χ4v) is 3.02. The number of anilines is 4. The van der Waals surface area contributed by atoms with Crippen LogP contribution in [0.3, 0.4) is 0 Å². The second-order valence-electron chi connectivity index (χ2n) is 7.50. The Kier molecular flexibility index (Phi) is 6.12. The van der Waals surface area contributed by atoms with Gasteiger partial charge in [-0.3, -0.25) is 4.79 Å². The standard InChI is InChI=1S/C23H27N5O/c1-15(2)19-8-6-7-16(3)22(19)27-23(29)20-13-25-21(14-24-20)26-17-9-11-18(12-10-17)28(4)5/h6-15H,1-5H3,(H,25,26)(H,27,29). The van der Waals surface area contributed by atoms with Crippen molar-refractivity contribution in [2.45, 2.75) is 26.7 Å². The zero-order chi connectivity index (χ0) is 21.0. The molecule has 0 atom stereocenters. The molecule has 0 spiro atoms. The first kappa shape index (κ1) is 20.3. The minimum absolute atomic E-state index is 0.268. The quantitative estimate of drug-likeness (QED) is 0.623. The summed E-state index contributed by atoms with van der Waals surface area (Å²) in [5, 5.41) is 6.19. The van der Waals surface area contributed by atoms with Crippen LogP contribution >= 0.6 is 0 Å². The van der Waals surface area contributed by atoms with E-state index >= 15 is 0 Å². The van der Waals surface area contributed by atoms with Gasteiger partial charge in [0.1, 0.15) is 11.5 Å². The molecule has 2 N–H and O–H groups in total. The number of para-hydroxylation sites is 1. The van der Waals surface area contributed by atoms with Gasteiger partial charge in [0.15, 0.2) is 0 Å². The lowest BCUT2D eigenvalue weighted by Gasteiger charge is -2.16. The number of nitrogens with one attached hydrogen (secondary N) is 2. The molecule has 2 aromatic carbocycles. The Labute approximate surface area is 172 Å². The van der Waals surface area contributed by atoms with E-state index in [-0.39, 0.29) is 11.6 Å². The third-order valence-corrected chi connectivity index (χ3v) is 4.71. The Balaban J connectivity index is 1.71. The molecule has 0 saturated heterocycles. The lowest BCUT2D eigenvalue weighted by atomic mass is 9.98. The summed E-state index contributed by atoms with van der Waals surface area (Å²) in [6, 6.07) is 14.0. The van der Waals surface area contributed by atoms with Gasteiger partial charge in [-0.1, -0.05) is 32.0 Å². The van der Waals surface area contributed by atoms with Crippen molar-refractivity contribution in [1.82, 2.24) is 9.97 Å². The highest BCUT2D eigenvalue weighted by Crippen LogP contribution is 2.27. The van der Waals surface area contributed by atoms with Crippen molar-refractivity contribution in [1.29, 1.82) is 0 Å². The summed E-state index contributed by atoms with van der Waals surface area (Å²) < 4.78 is 0. The van der Waals surface area contributed by atoms with Crippen LogP contribution in [0.25, 0.3) is 0 Å². The first-order valence-corrected chi connectivity index (χ1v) is 9.62. The second kappa shape index (κ2) is 8.73. The molecule has 0 bridgehead atoms. The molecule has 29 heavy (non-hydrogen) atoms. The highest BCUT2D eigenvalue weighted by atomic mass is 16.1. The summed E-state index contributed by atoms with van der Waals surface area (Å²) in [6.07, 6.45) is 3.05. The summed E-state index contributed by atoms with van der Waals surface area (Å²) >= 11 is 0. The highest BCUT2D eigenvalue weighted by molar-refractivity contribution is 6.03. The number of benzene rings is 2. The van der Waals surface area contributed by atoms with Gasteiger partial charge in [0.05, 0.1) is 12.4 Å². The van der Waals surface area contributed by atoms with E-state index in [9.17, 15) is 4.79 Å². The highest BCUT2D eigenvalue weighted by Gasteiger charge is 2.14. The van der Waals surface area contributed by atoms with E-state index in [0.717, 1.165) is 28.2 Å². The number of hydrogen-bond acceptors (Lipinski definition) is 5. The molecule has 1 aromatic heterocycles. The average molecular weight is 390 g/mol. The summed E-state index contributed by atoms with van der Waals surface area (Å²) in [7, 11) is 4.00. The number of aryl methyl sites for hydroxylation is 1. The fourth-order valence-electron chi connectivity index (χ4n) is 3.02. The van der Waals surface area contributed by atoms with E-state index < -0.39 is 0 Å². The molecule has 0 aliphatic heterocycles. The van der Waals surface area contributed by atoms with E-state index in [0.29, 0.717) is 11.7 Å². The van der Waals surface area contributed by atoms with Gasteiger partial charge in [-0.25, -0.2) is 9.97 Å². The molecule has 1 amide bonds. The Morgan fingerprint density at radius 2 is 1.72 bits per heavy atom. The minimum Gasteiger partial charge on any atom is -0.378 e. The molecule has 0 unspecified atom stereocenters. The van der Waals surface area contributed by atoms with Crippen molar-refractivity contribution in [3.8, 4) is 0 Å². The first-order valence-electron chi connectivity index (χ1n) is 9.62. The maximum atomic E-state index is 12.7. The van der Waals surface area contributed by atoms with Gasteiger partial charge in [-0.05, 0) is 48.2 Å². The minimum atomic E-state index is -0.268. The molecule has 6 nitrogen and oxygen atoms in total. The van der Waals surface area contributed by atoms with Crippen LogP contribution in [0.5, 0.6) is 0 Å². The molecule has 6 heteroatoms. The van der Waals surface area contributed by atoms with Crippen LogP contribution in [0.4, 0.5) is 22.9 Å². The number of nitrogens with zero attached hydrogens (tertiary/aromatic N) is 3. The molecule has 0 fully saturated rings. The predicted octanol–water partition coefficient (Wildman–Crippen LogP) is 4.97. The lowest BCUT2D eigenvalue weighted by molar-refractivity contribution is 0.102. The molecule has 0 aliphatic carbocycles. The van der Waals surface area contributed by atoms with Gasteiger partial charge in [-0.2, -0.15) is 0 Å². The molecule has 150 valence electrons.